The van der Waals surface area contributed by atoms with Crippen LogP contribution in [0.5, 0.6) is 5.75 Å². The van der Waals surface area contributed by atoms with Crippen LogP contribution in [0.15, 0.2) is 24.3 Å². The van der Waals surface area contributed by atoms with Crippen LogP contribution in [0.3, 0.4) is 0 Å². The van der Waals surface area contributed by atoms with Crippen molar-refractivity contribution < 1.29 is 14.6 Å². The maximum atomic E-state index is 10.8. The lowest BCUT2D eigenvalue weighted by atomic mass is 9.84. The highest BCUT2D eigenvalue weighted by Crippen LogP contribution is 2.26. The van der Waals surface area contributed by atoms with E-state index in [9.17, 15) is 4.79 Å². The Morgan fingerprint density at radius 3 is 2.60 bits per heavy atom. The van der Waals surface area contributed by atoms with Gasteiger partial charge in [0.15, 0.2) is 0 Å². The third-order valence-corrected chi connectivity index (χ3v) is 5.43. The number of likely N-dealkylation sites (tertiary alicyclic amines) is 1. The molecule has 0 amide bonds. The molecule has 3 N–H and O–H groups in total. The monoisotopic (exact) mass is 347 g/mol. The van der Waals surface area contributed by atoms with Crippen molar-refractivity contribution in [2.75, 3.05) is 32.8 Å². The molecule has 2 unspecified atom stereocenters. The van der Waals surface area contributed by atoms with Gasteiger partial charge in [-0.15, -0.1) is 0 Å². The Morgan fingerprint density at radius 1 is 1.28 bits per heavy atom. The molecule has 0 aromatic heterocycles. The molecule has 0 aliphatic carbocycles. The van der Waals surface area contributed by atoms with Gasteiger partial charge in [0.25, 0.3) is 0 Å². The zero-order chi connectivity index (χ0) is 17.6. The molecular formula is C19H29N3O3. The summed E-state index contributed by atoms with van der Waals surface area (Å²) in [6.07, 6.45) is 3.52. The first-order valence-corrected chi connectivity index (χ1v) is 9.30. The number of carbonyl (C=O) groups is 1. The third-order valence-electron chi connectivity index (χ3n) is 5.43. The highest BCUT2D eigenvalue weighted by molar-refractivity contribution is 5.87. The minimum absolute atomic E-state index is 0.288. The van der Waals surface area contributed by atoms with Gasteiger partial charge in [-0.2, -0.15) is 0 Å². The number of nitrogens with one attached hydrogen (secondary N) is 2. The molecule has 2 fully saturated rings. The number of hydrazine groups is 1. The van der Waals surface area contributed by atoms with Crippen molar-refractivity contribution in [1.29, 1.82) is 0 Å². The molecule has 138 valence electrons. The van der Waals surface area contributed by atoms with Crippen molar-refractivity contribution in [3.63, 3.8) is 0 Å². The van der Waals surface area contributed by atoms with E-state index in [1.54, 1.807) is 24.3 Å². The fourth-order valence-corrected chi connectivity index (χ4v) is 3.90. The molecule has 1 aromatic carbocycles. The predicted octanol–water partition coefficient (Wildman–Crippen LogP) is 1.98. The summed E-state index contributed by atoms with van der Waals surface area (Å²) >= 11 is 0. The molecule has 3 rings (SSSR count). The Kier molecular flexibility index (Phi) is 6.29. The van der Waals surface area contributed by atoms with E-state index in [1.807, 2.05) is 0 Å². The molecule has 25 heavy (non-hydrogen) atoms. The standard InChI is InChI=1S/C19H29N3O3/c1-14-13-20-21-18(14)15-7-10-22(11-8-15)9-2-12-25-17-5-3-16(4-6-17)19(23)24/h3-6,14-15,18,20-21H,2,7-13H2,1H3,(H,23,24). The summed E-state index contributed by atoms with van der Waals surface area (Å²) in [6, 6.07) is 7.22. The molecule has 2 aliphatic heterocycles. The molecule has 1 aromatic rings. The van der Waals surface area contributed by atoms with E-state index < -0.39 is 5.97 Å². The number of nitrogens with zero attached hydrogens (tertiary/aromatic N) is 1. The Balaban J connectivity index is 1.31. The molecule has 6 heteroatoms. The summed E-state index contributed by atoms with van der Waals surface area (Å²) in [6.45, 7) is 7.47. The quantitative estimate of drug-likeness (QED) is 0.655. The van der Waals surface area contributed by atoms with Gasteiger partial charge in [-0.05, 0) is 68.5 Å². The zero-order valence-electron chi connectivity index (χ0n) is 14.9. The molecule has 2 aliphatic rings. The lowest BCUT2D eigenvalue weighted by Gasteiger charge is -2.35. The SMILES string of the molecule is CC1CNNC1C1CCN(CCCOc2ccc(C(=O)O)cc2)CC1. The van der Waals surface area contributed by atoms with Gasteiger partial charge in [0.2, 0.25) is 0 Å². The van der Waals surface area contributed by atoms with E-state index in [1.165, 1.54) is 25.9 Å². The van der Waals surface area contributed by atoms with Gasteiger partial charge in [0.1, 0.15) is 5.75 Å². The van der Waals surface area contributed by atoms with Crippen molar-refractivity contribution in [2.24, 2.45) is 11.8 Å². The van der Waals surface area contributed by atoms with Crippen LogP contribution in [-0.4, -0.2) is 54.8 Å². The molecule has 2 saturated heterocycles. The first-order valence-electron chi connectivity index (χ1n) is 9.30. The van der Waals surface area contributed by atoms with Gasteiger partial charge in [0, 0.05) is 19.1 Å². The van der Waals surface area contributed by atoms with Crippen LogP contribution >= 0.6 is 0 Å². The van der Waals surface area contributed by atoms with Gasteiger partial charge in [-0.3, -0.25) is 10.9 Å². The van der Waals surface area contributed by atoms with Gasteiger partial charge in [-0.1, -0.05) is 6.92 Å². The number of hydrogen-bond acceptors (Lipinski definition) is 5. The highest BCUT2D eigenvalue weighted by Gasteiger charge is 2.32. The van der Waals surface area contributed by atoms with Crippen molar-refractivity contribution >= 4 is 5.97 Å². The molecular weight excluding hydrogens is 318 g/mol. The summed E-state index contributed by atoms with van der Waals surface area (Å²) in [5.41, 5.74) is 7.02. The summed E-state index contributed by atoms with van der Waals surface area (Å²) in [7, 11) is 0. The van der Waals surface area contributed by atoms with Gasteiger partial charge in [0.05, 0.1) is 12.2 Å². The second kappa shape index (κ2) is 8.65. The van der Waals surface area contributed by atoms with E-state index in [-0.39, 0.29) is 5.56 Å². The van der Waals surface area contributed by atoms with Crippen LogP contribution in [-0.2, 0) is 0 Å². The van der Waals surface area contributed by atoms with Gasteiger partial charge in [-0.25, -0.2) is 4.79 Å². The van der Waals surface area contributed by atoms with Gasteiger partial charge >= 0.3 is 5.97 Å². The number of carboxylic acid groups (broad SMARTS) is 1. The minimum atomic E-state index is -0.909. The zero-order valence-corrected chi connectivity index (χ0v) is 14.9. The fourth-order valence-electron chi connectivity index (χ4n) is 3.90. The summed E-state index contributed by atoms with van der Waals surface area (Å²) in [5, 5.41) is 8.88. The molecule has 0 saturated carbocycles. The number of rotatable bonds is 7. The number of hydrogen-bond donors (Lipinski definition) is 3. The van der Waals surface area contributed by atoms with Crippen LogP contribution < -0.4 is 15.6 Å². The highest BCUT2D eigenvalue weighted by atomic mass is 16.5. The smallest absolute Gasteiger partial charge is 0.335 e. The molecule has 0 radical (unpaired) electrons. The van der Waals surface area contributed by atoms with Crippen molar-refractivity contribution in [2.45, 2.75) is 32.2 Å². The lowest BCUT2D eigenvalue weighted by molar-refractivity contribution is 0.0697. The molecule has 2 heterocycles. The number of benzene rings is 1. The average Bonchev–Trinajstić information content (AvgIpc) is 3.06. The van der Waals surface area contributed by atoms with Crippen LogP contribution in [0.25, 0.3) is 0 Å². The molecule has 0 spiro atoms. The van der Waals surface area contributed by atoms with Crippen molar-refractivity contribution in [1.82, 2.24) is 15.8 Å². The second-order valence-corrected chi connectivity index (χ2v) is 7.24. The maximum Gasteiger partial charge on any atom is 0.335 e. The van der Waals surface area contributed by atoms with E-state index in [0.29, 0.717) is 12.6 Å². The average molecular weight is 347 g/mol. The minimum Gasteiger partial charge on any atom is -0.494 e. The Hall–Kier alpha value is -1.63. The van der Waals surface area contributed by atoms with Crippen LogP contribution in [0.4, 0.5) is 0 Å². The first-order chi connectivity index (χ1) is 12.1. The van der Waals surface area contributed by atoms with Gasteiger partial charge < -0.3 is 14.7 Å². The number of aromatic carboxylic acids is 1. The van der Waals surface area contributed by atoms with E-state index >= 15 is 0 Å². The number of piperidine rings is 1. The number of carboxylic acids is 1. The first kappa shape index (κ1) is 18.2. The Labute approximate surface area is 149 Å². The summed E-state index contributed by atoms with van der Waals surface area (Å²) < 4.78 is 5.71. The van der Waals surface area contributed by atoms with Crippen LogP contribution in [0, 0.1) is 11.8 Å². The number of ether oxygens (including phenoxy) is 1. The topological polar surface area (TPSA) is 73.8 Å². The van der Waals surface area contributed by atoms with Crippen molar-refractivity contribution in [3.8, 4) is 5.75 Å². The Bertz CT molecular complexity index is 556. The largest absolute Gasteiger partial charge is 0.494 e. The van der Waals surface area contributed by atoms with Crippen molar-refractivity contribution in [3.05, 3.63) is 29.8 Å². The van der Waals surface area contributed by atoms with E-state index in [0.717, 1.165) is 37.1 Å². The summed E-state index contributed by atoms with van der Waals surface area (Å²) in [4.78, 5) is 13.3. The lowest BCUT2D eigenvalue weighted by Crippen LogP contribution is -2.44. The fraction of sp³-hybridized carbons (Fsp3) is 0.632. The predicted molar refractivity (Wildman–Crippen MR) is 96.8 cm³/mol. The molecule has 6 nitrogen and oxygen atoms in total. The Morgan fingerprint density at radius 2 is 2.00 bits per heavy atom. The van der Waals surface area contributed by atoms with Crippen LogP contribution in [0.1, 0.15) is 36.5 Å². The van der Waals surface area contributed by atoms with E-state index in [2.05, 4.69) is 22.7 Å². The molecule has 2 atom stereocenters. The van der Waals surface area contributed by atoms with E-state index in [4.69, 9.17) is 9.84 Å². The normalized spacial score (nSPS) is 25.2. The molecule has 0 bridgehead atoms. The van der Waals surface area contributed by atoms with Crippen LogP contribution in [0.2, 0.25) is 0 Å². The third kappa shape index (κ3) is 4.93. The maximum absolute atomic E-state index is 10.8. The summed E-state index contributed by atoms with van der Waals surface area (Å²) in [5.74, 6) is 1.33. The second-order valence-electron chi connectivity index (χ2n) is 7.24.